The molecule has 8 heteroatoms. The predicted molar refractivity (Wildman–Crippen MR) is 65.9 cm³/mol. The summed E-state index contributed by atoms with van der Waals surface area (Å²) in [6.45, 7) is 0. The van der Waals surface area contributed by atoms with Crippen molar-refractivity contribution in [1.82, 2.24) is 30.4 Å². The van der Waals surface area contributed by atoms with Crippen LogP contribution in [0.25, 0.3) is 11.4 Å². The summed E-state index contributed by atoms with van der Waals surface area (Å²) < 4.78 is 11.0. The normalized spacial score (nSPS) is 17.8. The summed E-state index contributed by atoms with van der Waals surface area (Å²) in [6, 6.07) is 0.543. The van der Waals surface area contributed by atoms with Gasteiger partial charge in [0.1, 0.15) is 23.6 Å². The molecule has 20 heavy (non-hydrogen) atoms. The third kappa shape index (κ3) is 2.63. The van der Waals surface area contributed by atoms with Gasteiger partial charge in [0.25, 0.3) is 0 Å². The molecule has 2 aromatic rings. The summed E-state index contributed by atoms with van der Waals surface area (Å²) in [4.78, 5) is 8.55. The Morgan fingerprint density at radius 2 is 1.20 bits per heavy atom. The molecular weight excluding hydrogens is 260 g/mol. The Balaban J connectivity index is 1.58. The van der Waals surface area contributed by atoms with Gasteiger partial charge in [-0.05, 0) is 25.7 Å². The minimum absolute atomic E-state index is 0.226. The molecule has 0 amide bonds. The van der Waals surface area contributed by atoms with E-state index in [-0.39, 0.29) is 24.2 Å². The second-order valence-electron chi connectivity index (χ2n) is 4.88. The van der Waals surface area contributed by atoms with E-state index < -0.39 is 0 Å². The van der Waals surface area contributed by atoms with Gasteiger partial charge in [-0.2, -0.15) is 20.2 Å². The zero-order valence-electron chi connectivity index (χ0n) is 10.6. The van der Waals surface area contributed by atoms with Gasteiger partial charge < -0.3 is 9.47 Å². The first-order valence-corrected chi connectivity index (χ1v) is 6.60. The average molecular weight is 272 g/mol. The first-order chi connectivity index (χ1) is 9.87. The molecule has 0 saturated heterocycles. The van der Waals surface area contributed by atoms with Crippen molar-refractivity contribution in [3.8, 4) is 23.4 Å². The SMILES string of the molecule is c1nnc(OC2CC2)nc1-c1cnnc(OC2CC2)n1. The molecule has 102 valence electrons. The lowest BCUT2D eigenvalue weighted by Crippen LogP contribution is -2.05. The minimum Gasteiger partial charge on any atom is -0.459 e. The molecule has 2 saturated carbocycles. The fourth-order valence-electron chi connectivity index (χ4n) is 1.59. The van der Waals surface area contributed by atoms with E-state index in [0.717, 1.165) is 25.7 Å². The van der Waals surface area contributed by atoms with Gasteiger partial charge in [-0.3, -0.25) is 0 Å². The quantitative estimate of drug-likeness (QED) is 0.788. The van der Waals surface area contributed by atoms with Gasteiger partial charge in [-0.1, -0.05) is 10.2 Å². The summed E-state index contributed by atoms with van der Waals surface area (Å²) in [5.41, 5.74) is 1.09. The zero-order chi connectivity index (χ0) is 13.4. The molecule has 0 spiro atoms. The third-order valence-electron chi connectivity index (χ3n) is 2.93. The van der Waals surface area contributed by atoms with Crippen molar-refractivity contribution in [1.29, 1.82) is 0 Å². The molecule has 2 aromatic heterocycles. The molecule has 0 aliphatic heterocycles. The fraction of sp³-hybridized carbons (Fsp3) is 0.500. The van der Waals surface area contributed by atoms with Crippen LogP contribution in [0.5, 0.6) is 12.0 Å². The van der Waals surface area contributed by atoms with Gasteiger partial charge in [0.05, 0.1) is 12.4 Å². The highest BCUT2D eigenvalue weighted by Crippen LogP contribution is 2.26. The van der Waals surface area contributed by atoms with Gasteiger partial charge in [-0.15, -0.1) is 0 Å². The maximum absolute atomic E-state index is 5.51. The lowest BCUT2D eigenvalue weighted by Gasteiger charge is -2.04. The Labute approximate surface area is 114 Å². The highest BCUT2D eigenvalue weighted by atomic mass is 16.5. The lowest BCUT2D eigenvalue weighted by molar-refractivity contribution is 0.272. The summed E-state index contributed by atoms with van der Waals surface area (Å²) in [5.74, 6) is 0. The number of hydrogen-bond donors (Lipinski definition) is 0. The number of ether oxygens (including phenoxy) is 2. The van der Waals surface area contributed by atoms with Crippen LogP contribution in [0.1, 0.15) is 25.7 Å². The predicted octanol–water partition coefficient (Wildman–Crippen LogP) is 0.806. The van der Waals surface area contributed by atoms with Crippen molar-refractivity contribution in [2.24, 2.45) is 0 Å². The Bertz CT molecular complexity index is 573. The van der Waals surface area contributed by atoms with E-state index in [1.165, 1.54) is 12.4 Å². The van der Waals surface area contributed by atoms with Crippen LogP contribution < -0.4 is 9.47 Å². The van der Waals surface area contributed by atoms with Crippen molar-refractivity contribution in [2.45, 2.75) is 37.9 Å². The van der Waals surface area contributed by atoms with Gasteiger partial charge in [0.2, 0.25) is 0 Å². The van der Waals surface area contributed by atoms with E-state index >= 15 is 0 Å². The molecule has 2 aliphatic carbocycles. The van der Waals surface area contributed by atoms with Crippen molar-refractivity contribution >= 4 is 0 Å². The minimum atomic E-state index is 0.226. The van der Waals surface area contributed by atoms with E-state index in [2.05, 4.69) is 30.4 Å². The van der Waals surface area contributed by atoms with Crippen LogP contribution in [0, 0.1) is 0 Å². The molecular formula is C12H12N6O2. The molecule has 8 nitrogen and oxygen atoms in total. The monoisotopic (exact) mass is 272 g/mol. The molecule has 0 bridgehead atoms. The molecule has 4 rings (SSSR count). The van der Waals surface area contributed by atoms with Gasteiger partial charge >= 0.3 is 12.0 Å². The van der Waals surface area contributed by atoms with E-state index in [9.17, 15) is 0 Å². The Morgan fingerprint density at radius 3 is 1.60 bits per heavy atom. The molecule has 0 aromatic carbocycles. The maximum Gasteiger partial charge on any atom is 0.336 e. The summed E-state index contributed by atoms with van der Waals surface area (Å²) in [5, 5.41) is 15.5. The van der Waals surface area contributed by atoms with Crippen LogP contribution in [0.4, 0.5) is 0 Å². The first-order valence-electron chi connectivity index (χ1n) is 6.60. The van der Waals surface area contributed by atoms with Crippen molar-refractivity contribution in [2.75, 3.05) is 0 Å². The number of rotatable bonds is 5. The van der Waals surface area contributed by atoms with Crippen molar-refractivity contribution in [3.63, 3.8) is 0 Å². The largest absolute Gasteiger partial charge is 0.459 e. The van der Waals surface area contributed by atoms with Crippen LogP contribution in [0.3, 0.4) is 0 Å². The van der Waals surface area contributed by atoms with E-state index in [0.29, 0.717) is 11.4 Å². The summed E-state index contributed by atoms with van der Waals surface area (Å²) >= 11 is 0. The Hall–Kier alpha value is -2.38. The van der Waals surface area contributed by atoms with E-state index in [4.69, 9.17) is 9.47 Å². The standard InChI is InChI=1S/C12H12N6O2/c1-2-7(1)19-11-15-9(5-13-17-11)10-6-14-18-12(16-10)20-8-3-4-8/h5-8H,1-4H2. The second kappa shape index (κ2) is 4.62. The van der Waals surface area contributed by atoms with Crippen LogP contribution >= 0.6 is 0 Å². The van der Waals surface area contributed by atoms with E-state index in [1.807, 2.05) is 0 Å². The van der Waals surface area contributed by atoms with Crippen LogP contribution in [0.2, 0.25) is 0 Å². The molecule has 0 N–H and O–H groups in total. The Morgan fingerprint density at radius 1 is 0.750 bits per heavy atom. The van der Waals surface area contributed by atoms with Gasteiger partial charge in [0.15, 0.2) is 0 Å². The van der Waals surface area contributed by atoms with E-state index in [1.54, 1.807) is 0 Å². The smallest absolute Gasteiger partial charge is 0.336 e. The lowest BCUT2D eigenvalue weighted by atomic mass is 10.3. The topological polar surface area (TPSA) is 95.8 Å². The molecule has 2 aliphatic rings. The highest BCUT2D eigenvalue weighted by Gasteiger charge is 2.26. The number of nitrogens with zero attached hydrogens (tertiary/aromatic N) is 6. The third-order valence-corrected chi connectivity index (χ3v) is 2.93. The van der Waals surface area contributed by atoms with Gasteiger partial charge in [-0.25, -0.2) is 0 Å². The molecule has 0 unspecified atom stereocenters. The average Bonchev–Trinajstić information content (AvgIpc) is 3.36. The Kier molecular flexibility index (Phi) is 2.65. The van der Waals surface area contributed by atoms with Crippen molar-refractivity contribution in [3.05, 3.63) is 12.4 Å². The highest BCUT2D eigenvalue weighted by molar-refractivity contribution is 5.51. The van der Waals surface area contributed by atoms with Crippen LogP contribution in [-0.2, 0) is 0 Å². The van der Waals surface area contributed by atoms with Crippen LogP contribution in [0.15, 0.2) is 12.4 Å². The molecule has 0 atom stereocenters. The number of aromatic nitrogens is 6. The molecule has 2 heterocycles. The van der Waals surface area contributed by atoms with Gasteiger partial charge in [0, 0.05) is 0 Å². The first kappa shape index (κ1) is 11.4. The van der Waals surface area contributed by atoms with Crippen LogP contribution in [-0.4, -0.2) is 42.6 Å². The fourth-order valence-corrected chi connectivity index (χ4v) is 1.59. The number of hydrogen-bond acceptors (Lipinski definition) is 8. The second-order valence-corrected chi connectivity index (χ2v) is 4.88. The molecule has 0 radical (unpaired) electrons. The zero-order valence-corrected chi connectivity index (χ0v) is 10.6. The summed E-state index contributed by atoms with van der Waals surface area (Å²) in [6.07, 6.45) is 7.66. The molecule has 2 fully saturated rings. The van der Waals surface area contributed by atoms with Crippen molar-refractivity contribution < 1.29 is 9.47 Å². The summed E-state index contributed by atoms with van der Waals surface area (Å²) in [7, 11) is 0. The maximum atomic E-state index is 5.51.